The fourth-order valence-corrected chi connectivity index (χ4v) is 2.48. The van der Waals surface area contributed by atoms with Crippen LogP contribution in [0.5, 0.6) is 0 Å². The average Bonchev–Trinajstić information content (AvgIpc) is 2.63. The fourth-order valence-electron chi connectivity index (χ4n) is 2.48. The molecule has 0 aliphatic carbocycles. The molecule has 2 heterocycles. The van der Waals surface area contributed by atoms with E-state index in [1.807, 2.05) is 55.5 Å². The second-order valence-corrected chi connectivity index (χ2v) is 5.21. The van der Waals surface area contributed by atoms with Crippen molar-refractivity contribution in [3.8, 4) is 11.4 Å². The Hall–Kier alpha value is -2.79. The van der Waals surface area contributed by atoms with Crippen molar-refractivity contribution in [1.82, 2.24) is 14.8 Å². The molecule has 116 valence electrons. The molecule has 5 heteroatoms. The summed E-state index contributed by atoms with van der Waals surface area (Å²) < 4.78 is 1.43. The summed E-state index contributed by atoms with van der Waals surface area (Å²) in [6.45, 7) is 2.36. The van der Waals surface area contributed by atoms with Gasteiger partial charge in [0.05, 0.1) is 11.7 Å². The number of benzene rings is 1. The highest BCUT2D eigenvalue weighted by Gasteiger charge is 2.17. The first-order valence-electron chi connectivity index (χ1n) is 7.54. The highest BCUT2D eigenvalue weighted by atomic mass is 16.1. The van der Waals surface area contributed by atoms with Crippen LogP contribution in [0.1, 0.15) is 24.1 Å². The molecule has 0 spiro atoms. The molecule has 0 saturated carbocycles. The molecule has 0 bridgehead atoms. The molecular formula is C18H18N4O. The van der Waals surface area contributed by atoms with Crippen molar-refractivity contribution in [2.75, 3.05) is 0 Å². The molecule has 5 nitrogen and oxygen atoms in total. The monoisotopic (exact) mass is 306 g/mol. The summed E-state index contributed by atoms with van der Waals surface area (Å²) in [7, 11) is 0. The predicted molar refractivity (Wildman–Crippen MR) is 89.9 cm³/mol. The number of nitrogens with zero attached hydrogens (tertiary/aromatic N) is 3. The van der Waals surface area contributed by atoms with Gasteiger partial charge >= 0.3 is 0 Å². The molecule has 1 unspecified atom stereocenters. The summed E-state index contributed by atoms with van der Waals surface area (Å²) in [5, 5.41) is 4.38. The van der Waals surface area contributed by atoms with Gasteiger partial charge in [0.1, 0.15) is 5.69 Å². The lowest BCUT2D eigenvalue weighted by molar-refractivity contribution is 0.604. The van der Waals surface area contributed by atoms with Crippen LogP contribution in [-0.2, 0) is 6.54 Å². The van der Waals surface area contributed by atoms with Crippen LogP contribution >= 0.6 is 0 Å². The zero-order valence-electron chi connectivity index (χ0n) is 12.9. The zero-order chi connectivity index (χ0) is 16.2. The first kappa shape index (κ1) is 15.1. The van der Waals surface area contributed by atoms with Crippen molar-refractivity contribution in [3.63, 3.8) is 0 Å². The van der Waals surface area contributed by atoms with Crippen LogP contribution in [0.25, 0.3) is 11.4 Å². The Morgan fingerprint density at radius 3 is 2.48 bits per heavy atom. The largest absolute Gasteiger partial charge is 0.320 e. The number of nitrogens with two attached hydrogens (primary N) is 1. The van der Waals surface area contributed by atoms with Crippen molar-refractivity contribution in [3.05, 3.63) is 82.3 Å². The number of pyridine rings is 1. The van der Waals surface area contributed by atoms with Gasteiger partial charge < -0.3 is 5.73 Å². The van der Waals surface area contributed by atoms with E-state index < -0.39 is 6.04 Å². The third-order valence-electron chi connectivity index (χ3n) is 3.72. The summed E-state index contributed by atoms with van der Waals surface area (Å²) in [6.07, 6.45) is 1.70. The summed E-state index contributed by atoms with van der Waals surface area (Å²) in [6, 6.07) is 16.4. The molecule has 1 atom stereocenters. The first-order chi connectivity index (χ1) is 11.2. The number of aryl methyl sites for hydroxylation is 1. The minimum atomic E-state index is -0.494. The van der Waals surface area contributed by atoms with Gasteiger partial charge in [0.25, 0.3) is 5.56 Å². The van der Waals surface area contributed by atoms with Gasteiger partial charge in [-0.15, -0.1) is 0 Å². The van der Waals surface area contributed by atoms with Crippen LogP contribution in [0.3, 0.4) is 0 Å². The van der Waals surface area contributed by atoms with Gasteiger partial charge in [-0.3, -0.25) is 9.78 Å². The van der Waals surface area contributed by atoms with E-state index >= 15 is 0 Å². The van der Waals surface area contributed by atoms with Crippen LogP contribution in [-0.4, -0.2) is 14.8 Å². The number of rotatable bonds is 4. The molecule has 0 aliphatic rings. The number of aromatic nitrogens is 3. The maximum absolute atomic E-state index is 12.6. The van der Waals surface area contributed by atoms with E-state index in [4.69, 9.17) is 5.73 Å². The standard InChI is InChI=1S/C18H18N4O/c1-2-22-18(23)14(17(19)13-8-4-3-5-9-13)12-16(21-22)15-10-6-7-11-20-15/h3-12,17H,2,19H2,1H3. The summed E-state index contributed by atoms with van der Waals surface area (Å²) in [4.78, 5) is 16.9. The van der Waals surface area contributed by atoms with Crippen LogP contribution < -0.4 is 11.3 Å². The van der Waals surface area contributed by atoms with Gasteiger partial charge in [-0.05, 0) is 30.7 Å². The van der Waals surface area contributed by atoms with Crippen molar-refractivity contribution in [1.29, 1.82) is 0 Å². The second kappa shape index (κ2) is 6.54. The van der Waals surface area contributed by atoms with Crippen molar-refractivity contribution < 1.29 is 0 Å². The van der Waals surface area contributed by atoms with E-state index in [1.54, 1.807) is 12.3 Å². The Kier molecular flexibility index (Phi) is 4.30. The molecule has 0 aliphatic heterocycles. The number of hydrogen-bond donors (Lipinski definition) is 1. The Labute approximate surface area is 134 Å². The maximum Gasteiger partial charge on any atom is 0.271 e. The fraction of sp³-hybridized carbons (Fsp3) is 0.167. The van der Waals surface area contributed by atoms with Crippen molar-refractivity contribution in [2.24, 2.45) is 5.73 Å². The molecule has 2 aromatic heterocycles. The Morgan fingerprint density at radius 1 is 1.09 bits per heavy atom. The average molecular weight is 306 g/mol. The van der Waals surface area contributed by atoms with Crippen LogP contribution in [0.4, 0.5) is 0 Å². The summed E-state index contributed by atoms with van der Waals surface area (Å²) >= 11 is 0. The van der Waals surface area contributed by atoms with Crippen LogP contribution in [0, 0.1) is 0 Å². The molecule has 0 saturated heterocycles. The van der Waals surface area contributed by atoms with Crippen molar-refractivity contribution in [2.45, 2.75) is 19.5 Å². The Balaban J connectivity index is 2.15. The van der Waals surface area contributed by atoms with E-state index in [-0.39, 0.29) is 5.56 Å². The van der Waals surface area contributed by atoms with E-state index in [9.17, 15) is 4.79 Å². The highest BCUT2D eigenvalue weighted by Crippen LogP contribution is 2.20. The van der Waals surface area contributed by atoms with Gasteiger partial charge in [-0.25, -0.2) is 4.68 Å². The lowest BCUT2D eigenvalue weighted by Gasteiger charge is -2.15. The lowest BCUT2D eigenvalue weighted by Crippen LogP contribution is -2.30. The minimum Gasteiger partial charge on any atom is -0.320 e. The highest BCUT2D eigenvalue weighted by molar-refractivity contribution is 5.54. The van der Waals surface area contributed by atoms with Gasteiger partial charge in [0.2, 0.25) is 0 Å². The topological polar surface area (TPSA) is 73.8 Å². The second-order valence-electron chi connectivity index (χ2n) is 5.21. The normalized spacial score (nSPS) is 12.1. The van der Waals surface area contributed by atoms with Crippen LogP contribution in [0.15, 0.2) is 65.6 Å². The number of hydrogen-bond acceptors (Lipinski definition) is 4. The lowest BCUT2D eigenvalue weighted by atomic mass is 10.0. The van der Waals surface area contributed by atoms with E-state index in [0.717, 1.165) is 11.3 Å². The van der Waals surface area contributed by atoms with E-state index in [0.29, 0.717) is 17.8 Å². The molecule has 1 aromatic carbocycles. The molecule has 3 rings (SSSR count). The quantitative estimate of drug-likeness (QED) is 0.803. The molecule has 2 N–H and O–H groups in total. The molecule has 23 heavy (non-hydrogen) atoms. The Morgan fingerprint density at radius 2 is 1.83 bits per heavy atom. The molecule has 0 radical (unpaired) electrons. The smallest absolute Gasteiger partial charge is 0.271 e. The van der Waals surface area contributed by atoms with Crippen molar-refractivity contribution >= 4 is 0 Å². The molecule has 0 amide bonds. The molecular weight excluding hydrogens is 288 g/mol. The third kappa shape index (κ3) is 3.05. The predicted octanol–water partition coefficient (Wildman–Crippen LogP) is 2.37. The Bertz CT molecular complexity index is 844. The maximum atomic E-state index is 12.6. The van der Waals surface area contributed by atoms with Gasteiger partial charge in [-0.2, -0.15) is 5.10 Å². The molecule has 0 fully saturated rings. The first-order valence-corrected chi connectivity index (χ1v) is 7.54. The van der Waals surface area contributed by atoms with Gasteiger partial charge in [0, 0.05) is 18.3 Å². The van der Waals surface area contributed by atoms with E-state index in [1.165, 1.54) is 4.68 Å². The van der Waals surface area contributed by atoms with E-state index in [2.05, 4.69) is 10.1 Å². The summed E-state index contributed by atoms with van der Waals surface area (Å²) in [5.74, 6) is 0. The zero-order valence-corrected chi connectivity index (χ0v) is 12.9. The van der Waals surface area contributed by atoms with Crippen LogP contribution in [0.2, 0.25) is 0 Å². The minimum absolute atomic E-state index is 0.163. The SMILES string of the molecule is CCn1nc(-c2ccccn2)cc(C(N)c2ccccc2)c1=O. The molecule has 3 aromatic rings. The summed E-state index contributed by atoms with van der Waals surface area (Å²) in [5.41, 5.74) is 8.94. The third-order valence-corrected chi connectivity index (χ3v) is 3.72. The van der Waals surface area contributed by atoms with Gasteiger partial charge in [-0.1, -0.05) is 36.4 Å². The van der Waals surface area contributed by atoms with Gasteiger partial charge in [0.15, 0.2) is 0 Å².